The maximum absolute atomic E-state index is 13.0. The summed E-state index contributed by atoms with van der Waals surface area (Å²) >= 11 is 1.68. The third kappa shape index (κ3) is 3.24. The van der Waals surface area contributed by atoms with Crippen LogP contribution in [0.2, 0.25) is 0 Å². The van der Waals surface area contributed by atoms with E-state index in [-0.39, 0.29) is 17.7 Å². The average Bonchev–Trinajstić information content (AvgIpc) is 2.98. The molecule has 2 aromatic heterocycles. The van der Waals surface area contributed by atoms with Gasteiger partial charge in [-0.3, -0.25) is 9.59 Å². The Morgan fingerprint density at radius 1 is 1.33 bits per heavy atom. The van der Waals surface area contributed by atoms with Gasteiger partial charge in [0.2, 0.25) is 11.8 Å². The summed E-state index contributed by atoms with van der Waals surface area (Å²) in [5.74, 6) is 0.694. The van der Waals surface area contributed by atoms with E-state index in [9.17, 15) is 9.59 Å². The van der Waals surface area contributed by atoms with Crippen LogP contribution >= 0.6 is 11.3 Å². The second-order valence-corrected chi connectivity index (χ2v) is 7.56. The summed E-state index contributed by atoms with van der Waals surface area (Å²) in [4.78, 5) is 30.2. The minimum absolute atomic E-state index is 0.0385. The molecule has 0 aromatic carbocycles. The number of rotatable bonds is 6. The second kappa shape index (κ2) is 6.43. The summed E-state index contributed by atoms with van der Waals surface area (Å²) < 4.78 is 5.32. The van der Waals surface area contributed by atoms with Crippen LogP contribution in [0.1, 0.15) is 29.9 Å². The van der Waals surface area contributed by atoms with Crippen LogP contribution in [0.3, 0.4) is 0 Å². The van der Waals surface area contributed by atoms with Crippen molar-refractivity contribution in [3.8, 4) is 0 Å². The standard InChI is InChI=1S/C18H20N2O3S/c21-17-9-13(10-19(17)11-15-3-1-7-23-15)18(22)20(14-5-6-14)12-16-4-2-8-24-16/h1-4,7-8,13-14H,5-6,9-12H2. The van der Waals surface area contributed by atoms with Gasteiger partial charge in [-0.25, -0.2) is 0 Å². The molecule has 0 bridgehead atoms. The number of amides is 2. The van der Waals surface area contributed by atoms with E-state index in [1.807, 2.05) is 28.5 Å². The van der Waals surface area contributed by atoms with E-state index in [1.165, 1.54) is 4.88 Å². The highest BCUT2D eigenvalue weighted by Crippen LogP contribution is 2.32. The van der Waals surface area contributed by atoms with Gasteiger partial charge < -0.3 is 14.2 Å². The fraction of sp³-hybridized carbons (Fsp3) is 0.444. The number of likely N-dealkylation sites (tertiary alicyclic amines) is 1. The van der Waals surface area contributed by atoms with Gasteiger partial charge in [0.25, 0.3) is 0 Å². The zero-order valence-electron chi connectivity index (χ0n) is 13.4. The van der Waals surface area contributed by atoms with Crippen LogP contribution in [0.15, 0.2) is 40.3 Å². The molecule has 0 spiro atoms. The number of carbonyl (C=O) groups is 2. The highest BCUT2D eigenvalue weighted by Gasteiger charge is 2.41. The van der Waals surface area contributed by atoms with E-state index in [0.29, 0.717) is 32.1 Å². The van der Waals surface area contributed by atoms with E-state index in [0.717, 1.165) is 18.6 Å². The number of nitrogens with zero attached hydrogens (tertiary/aromatic N) is 2. The first-order valence-corrected chi connectivity index (χ1v) is 9.21. The molecule has 5 nitrogen and oxygen atoms in total. The summed E-state index contributed by atoms with van der Waals surface area (Å²) in [5.41, 5.74) is 0. The topological polar surface area (TPSA) is 53.8 Å². The smallest absolute Gasteiger partial charge is 0.228 e. The number of carbonyl (C=O) groups excluding carboxylic acids is 2. The van der Waals surface area contributed by atoms with E-state index in [1.54, 1.807) is 22.5 Å². The van der Waals surface area contributed by atoms with Crippen LogP contribution in [0.4, 0.5) is 0 Å². The summed E-state index contributed by atoms with van der Waals surface area (Å²) in [6.07, 6.45) is 4.07. The van der Waals surface area contributed by atoms with Crippen LogP contribution in [0.25, 0.3) is 0 Å². The lowest BCUT2D eigenvalue weighted by Crippen LogP contribution is -2.38. The van der Waals surface area contributed by atoms with Crippen LogP contribution in [-0.2, 0) is 22.7 Å². The summed E-state index contributed by atoms with van der Waals surface area (Å²) in [7, 11) is 0. The van der Waals surface area contributed by atoms with Crippen LogP contribution in [0.5, 0.6) is 0 Å². The molecule has 2 aromatic rings. The van der Waals surface area contributed by atoms with Crippen molar-refractivity contribution in [2.24, 2.45) is 5.92 Å². The monoisotopic (exact) mass is 344 g/mol. The summed E-state index contributed by atoms with van der Waals surface area (Å²) in [6.45, 7) is 1.61. The van der Waals surface area contributed by atoms with Crippen LogP contribution in [-0.4, -0.2) is 34.2 Å². The largest absolute Gasteiger partial charge is 0.467 e. The third-order valence-corrected chi connectivity index (χ3v) is 5.53. The highest BCUT2D eigenvalue weighted by atomic mass is 32.1. The Hall–Kier alpha value is -2.08. The SMILES string of the molecule is O=C1CC(C(=O)N(Cc2cccs2)C2CC2)CN1Cc1ccco1. The minimum atomic E-state index is -0.229. The van der Waals surface area contributed by atoms with Gasteiger partial charge in [-0.2, -0.15) is 0 Å². The van der Waals surface area contributed by atoms with Crippen molar-refractivity contribution in [3.05, 3.63) is 46.5 Å². The van der Waals surface area contributed by atoms with Gasteiger partial charge in [0.1, 0.15) is 5.76 Å². The lowest BCUT2D eigenvalue weighted by atomic mass is 10.1. The molecule has 1 aliphatic heterocycles. The van der Waals surface area contributed by atoms with Crippen LogP contribution < -0.4 is 0 Å². The van der Waals surface area contributed by atoms with E-state index < -0.39 is 0 Å². The van der Waals surface area contributed by atoms with Crippen molar-refractivity contribution >= 4 is 23.2 Å². The first kappa shape index (κ1) is 15.4. The molecule has 1 saturated carbocycles. The number of thiophene rings is 1. The molecule has 1 unspecified atom stereocenters. The van der Waals surface area contributed by atoms with E-state index in [2.05, 4.69) is 6.07 Å². The molecule has 0 radical (unpaired) electrons. The fourth-order valence-electron chi connectivity index (χ4n) is 3.26. The zero-order chi connectivity index (χ0) is 16.5. The van der Waals surface area contributed by atoms with Crippen molar-refractivity contribution in [2.75, 3.05) is 6.54 Å². The van der Waals surface area contributed by atoms with Crippen molar-refractivity contribution in [1.82, 2.24) is 9.80 Å². The molecule has 126 valence electrons. The average molecular weight is 344 g/mol. The van der Waals surface area contributed by atoms with Gasteiger partial charge in [-0.05, 0) is 36.4 Å². The first-order valence-electron chi connectivity index (χ1n) is 8.34. The van der Waals surface area contributed by atoms with Gasteiger partial charge in [0, 0.05) is 23.9 Å². The molecule has 3 heterocycles. The molecule has 24 heavy (non-hydrogen) atoms. The van der Waals surface area contributed by atoms with E-state index >= 15 is 0 Å². The maximum atomic E-state index is 13.0. The number of furan rings is 1. The lowest BCUT2D eigenvalue weighted by molar-refractivity contribution is -0.137. The normalized spacial score (nSPS) is 20.6. The molecule has 1 saturated heterocycles. The van der Waals surface area contributed by atoms with Gasteiger partial charge >= 0.3 is 0 Å². The van der Waals surface area contributed by atoms with Gasteiger partial charge in [0.05, 0.1) is 25.3 Å². The Kier molecular flexibility index (Phi) is 4.14. The Balaban J connectivity index is 1.42. The quantitative estimate of drug-likeness (QED) is 0.810. The molecule has 6 heteroatoms. The molecule has 1 aliphatic carbocycles. The van der Waals surface area contributed by atoms with Gasteiger partial charge in [-0.15, -0.1) is 11.3 Å². The van der Waals surface area contributed by atoms with Gasteiger partial charge in [0.15, 0.2) is 0 Å². The molecule has 4 rings (SSSR count). The molecule has 1 atom stereocenters. The fourth-order valence-corrected chi connectivity index (χ4v) is 3.96. The molecule has 2 amide bonds. The maximum Gasteiger partial charge on any atom is 0.228 e. The minimum Gasteiger partial charge on any atom is -0.467 e. The predicted molar refractivity (Wildman–Crippen MR) is 90.1 cm³/mol. The molecule has 2 aliphatic rings. The molecule has 2 fully saturated rings. The third-order valence-electron chi connectivity index (χ3n) is 4.67. The van der Waals surface area contributed by atoms with Gasteiger partial charge in [-0.1, -0.05) is 6.07 Å². The van der Waals surface area contributed by atoms with Crippen molar-refractivity contribution < 1.29 is 14.0 Å². The number of hydrogen-bond donors (Lipinski definition) is 0. The molecular weight excluding hydrogens is 324 g/mol. The first-order chi connectivity index (χ1) is 11.7. The highest BCUT2D eigenvalue weighted by molar-refractivity contribution is 7.09. The van der Waals surface area contributed by atoms with Crippen molar-refractivity contribution in [1.29, 1.82) is 0 Å². The zero-order valence-corrected chi connectivity index (χ0v) is 14.2. The summed E-state index contributed by atoms with van der Waals surface area (Å²) in [6, 6.07) is 8.11. The Morgan fingerprint density at radius 3 is 2.88 bits per heavy atom. The van der Waals surface area contributed by atoms with Crippen molar-refractivity contribution in [2.45, 2.75) is 38.4 Å². The van der Waals surface area contributed by atoms with E-state index in [4.69, 9.17) is 4.42 Å². The lowest BCUT2D eigenvalue weighted by Gasteiger charge is -2.25. The Morgan fingerprint density at radius 2 is 2.21 bits per heavy atom. The second-order valence-electron chi connectivity index (χ2n) is 6.53. The Bertz CT molecular complexity index is 707. The summed E-state index contributed by atoms with van der Waals surface area (Å²) in [5, 5.41) is 2.04. The Labute approximate surface area is 144 Å². The molecule has 0 N–H and O–H groups in total. The number of hydrogen-bond acceptors (Lipinski definition) is 4. The molecular formula is C18H20N2O3S. The predicted octanol–water partition coefficient (Wildman–Crippen LogP) is 2.88. The van der Waals surface area contributed by atoms with Crippen molar-refractivity contribution in [3.63, 3.8) is 0 Å². The van der Waals surface area contributed by atoms with Crippen LogP contribution in [0, 0.1) is 5.92 Å².